The molecule has 0 unspecified atom stereocenters. The fraction of sp³-hybridized carbons (Fsp3) is 0.286. The average Bonchev–Trinajstić information content (AvgIpc) is 3.22. The third-order valence-electron chi connectivity index (χ3n) is 5.63. The van der Waals surface area contributed by atoms with Gasteiger partial charge in [-0.2, -0.15) is 0 Å². The number of carbonyl (C=O) groups excluding carboxylic acids is 1. The highest BCUT2D eigenvalue weighted by molar-refractivity contribution is 5.78. The minimum atomic E-state index is -0.185. The molecular formula is C28H31N3O3. The standard InChI is InChI=1S/C28H31N3O3/c1-21(2)22-13-15-24(16-14-22)33-18-8-17-31-26-12-7-6-11-25(26)30-27(31)19-29-28(32)20-34-23-9-4-3-5-10-23/h3-7,9-16,21H,8,17-20H2,1-2H3,(H,29,32). The number of aromatic nitrogens is 2. The molecule has 1 N–H and O–H groups in total. The number of fused-ring (bicyclic) bond motifs is 1. The number of imidazole rings is 1. The number of hydrogen-bond donors (Lipinski definition) is 1. The summed E-state index contributed by atoms with van der Waals surface area (Å²) in [5.41, 5.74) is 3.27. The first-order valence-electron chi connectivity index (χ1n) is 11.7. The molecule has 6 nitrogen and oxygen atoms in total. The molecule has 0 fully saturated rings. The molecule has 0 aliphatic rings. The summed E-state index contributed by atoms with van der Waals surface area (Å²) in [6, 6.07) is 25.6. The van der Waals surface area contributed by atoms with E-state index in [4.69, 9.17) is 14.5 Å². The Hall–Kier alpha value is -3.80. The molecule has 1 aromatic heterocycles. The van der Waals surface area contributed by atoms with Gasteiger partial charge in [0.15, 0.2) is 6.61 Å². The van der Waals surface area contributed by atoms with Crippen molar-refractivity contribution in [2.24, 2.45) is 0 Å². The van der Waals surface area contributed by atoms with E-state index in [-0.39, 0.29) is 12.5 Å². The van der Waals surface area contributed by atoms with E-state index in [0.717, 1.165) is 35.6 Å². The molecule has 0 saturated heterocycles. The van der Waals surface area contributed by atoms with E-state index in [0.29, 0.717) is 24.8 Å². The molecule has 1 heterocycles. The van der Waals surface area contributed by atoms with E-state index in [2.05, 4.69) is 41.9 Å². The fourth-order valence-corrected chi connectivity index (χ4v) is 3.77. The summed E-state index contributed by atoms with van der Waals surface area (Å²) in [6.45, 7) is 6.01. The molecule has 4 aromatic rings. The van der Waals surface area contributed by atoms with Crippen molar-refractivity contribution in [1.82, 2.24) is 14.9 Å². The van der Waals surface area contributed by atoms with Gasteiger partial charge in [0, 0.05) is 6.54 Å². The predicted octanol–water partition coefficient (Wildman–Crippen LogP) is 5.32. The molecule has 0 saturated carbocycles. The number of carbonyl (C=O) groups is 1. The summed E-state index contributed by atoms with van der Waals surface area (Å²) in [7, 11) is 0. The normalized spacial score (nSPS) is 11.0. The van der Waals surface area contributed by atoms with E-state index < -0.39 is 0 Å². The molecule has 0 atom stereocenters. The molecule has 176 valence electrons. The minimum absolute atomic E-state index is 0.0340. The Balaban J connectivity index is 1.32. The van der Waals surface area contributed by atoms with Crippen LogP contribution in [0.4, 0.5) is 0 Å². The van der Waals surface area contributed by atoms with E-state index >= 15 is 0 Å². The van der Waals surface area contributed by atoms with Gasteiger partial charge in [0.2, 0.25) is 0 Å². The third-order valence-corrected chi connectivity index (χ3v) is 5.63. The van der Waals surface area contributed by atoms with Crippen molar-refractivity contribution in [3.63, 3.8) is 0 Å². The lowest BCUT2D eigenvalue weighted by Crippen LogP contribution is -2.29. The number of rotatable bonds is 11. The van der Waals surface area contributed by atoms with Crippen LogP contribution in [-0.4, -0.2) is 28.7 Å². The van der Waals surface area contributed by atoms with Crippen molar-refractivity contribution in [2.45, 2.75) is 39.3 Å². The first-order chi connectivity index (χ1) is 16.6. The Morgan fingerprint density at radius 1 is 0.912 bits per heavy atom. The van der Waals surface area contributed by atoms with Gasteiger partial charge < -0.3 is 19.4 Å². The van der Waals surface area contributed by atoms with Gasteiger partial charge in [-0.3, -0.25) is 4.79 Å². The van der Waals surface area contributed by atoms with Gasteiger partial charge in [-0.15, -0.1) is 0 Å². The van der Waals surface area contributed by atoms with Gasteiger partial charge >= 0.3 is 0 Å². The summed E-state index contributed by atoms with van der Waals surface area (Å²) in [5, 5.41) is 2.92. The number of benzene rings is 3. The van der Waals surface area contributed by atoms with Crippen molar-refractivity contribution in [1.29, 1.82) is 0 Å². The van der Waals surface area contributed by atoms with E-state index in [9.17, 15) is 4.79 Å². The van der Waals surface area contributed by atoms with Crippen LogP contribution in [0.3, 0.4) is 0 Å². The van der Waals surface area contributed by atoms with Gasteiger partial charge in [-0.1, -0.05) is 56.3 Å². The van der Waals surface area contributed by atoms with Crippen LogP contribution in [0.2, 0.25) is 0 Å². The lowest BCUT2D eigenvalue weighted by atomic mass is 10.0. The summed E-state index contributed by atoms with van der Waals surface area (Å²) in [5.74, 6) is 2.69. The maximum Gasteiger partial charge on any atom is 0.258 e. The van der Waals surface area contributed by atoms with Crippen molar-refractivity contribution in [3.05, 3.63) is 90.3 Å². The number of amides is 1. The first-order valence-corrected chi connectivity index (χ1v) is 11.7. The Kier molecular flexibility index (Phi) is 7.81. The number of nitrogens with zero attached hydrogens (tertiary/aromatic N) is 2. The van der Waals surface area contributed by atoms with E-state index in [1.807, 2.05) is 60.7 Å². The minimum Gasteiger partial charge on any atom is -0.494 e. The van der Waals surface area contributed by atoms with Gasteiger partial charge in [-0.25, -0.2) is 4.98 Å². The molecule has 6 heteroatoms. The summed E-state index contributed by atoms with van der Waals surface area (Å²) >= 11 is 0. The quantitative estimate of drug-likeness (QED) is 0.310. The largest absolute Gasteiger partial charge is 0.494 e. The van der Waals surface area contributed by atoms with E-state index in [1.54, 1.807) is 0 Å². The maximum absolute atomic E-state index is 12.3. The highest BCUT2D eigenvalue weighted by Gasteiger charge is 2.12. The molecule has 0 aliphatic heterocycles. The van der Waals surface area contributed by atoms with Crippen molar-refractivity contribution >= 4 is 16.9 Å². The Morgan fingerprint density at radius 2 is 1.62 bits per heavy atom. The van der Waals surface area contributed by atoms with Crippen molar-refractivity contribution in [3.8, 4) is 11.5 Å². The van der Waals surface area contributed by atoms with Crippen LogP contribution in [0.1, 0.15) is 37.6 Å². The van der Waals surface area contributed by atoms with Crippen LogP contribution in [0, 0.1) is 0 Å². The van der Waals surface area contributed by atoms with Crippen LogP contribution in [-0.2, 0) is 17.9 Å². The van der Waals surface area contributed by atoms with Crippen LogP contribution in [0.15, 0.2) is 78.9 Å². The number of ether oxygens (including phenoxy) is 2. The third kappa shape index (κ3) is 6.16. The smallest absolute Gasteiger partial charge is 0.258 e. The molecule has 1 amide bonds. The maximum atomic E-state index is 12.3. The molecule has 0 spiro atoms. The zero-order chi connectivity index (χ0) is 23.8. The van der Waals surface area contributed by atoms with Crippen LogP contribution >= 0.6 is 0 Å². The molecular weight excluding hydrogens is 426 g/mol. The number of nitrogens with one attached hydrogen (secondary N) is 1. The zero-order valence-corrected chi connectivity index (χ0v) is 19.7. The van der Waals surface area contributed by atoms with E-state index in [1.165, 1.54) is 5.56 Å². The van der Waals surface area contributed by atoms with Crippen molar-refractivity contribution < 1.29 is 14.3 Å². The fourth-order valence-electron chi connectivity index (χ4n) is 3.77. The molecule has 4 rings (SSSR count). The second kappa shape index (κ2) is 11.4. The van der Waals surface area contributed by atoms with Crippen LogP contribution in [0.5, 0.6) is 11.5 Å². The highest BCUT2D eigenvalue weighted by atomic mass is 16.5. The number of hydrogen-bond acceptors (Lipinski definition) is 4. The molecule has 0 bridgehead atoms. The lowest BCUT2D eigenvalue weighted by Gasteiger charge is -2.12. The molecule has 3 aromatic carbocycles. The van der Waals surface area contributed by atoms with Crippen LogP contribution < -0.4 is 14.8 Å². The topological polar surface area (TPSA) is 65.4 Å². The Labute approximate surface area is 200 Å². The van der Waals surface area contributed by atoms with Crippen molar-refractivity contribution in [2.75, 3.05) is 13.2 Å². The highest BCUT2D eigenvalue weighted by Crippen LogP contribution is 2.20. The summed E-state index contributed by atoms with van der Waals surface area (Å²) in [4.78, 5) is 17.0. The lowest BCUT2D eigenvalue weighted by molar-refractivity contribution is -0.123. The van der Waals surface area contributed by atoms with Gasteiger partial charge in [0.1, 0.15) is 17.3 Å². The SMILES string of the molecule is CC(C)c1ccc(OCCCn2c(CNC(=O)COc3ccccc3)nc3ccccc32)cc1. The number of aryl methyl sites for hydroxylation is 1. The second-order valence-corrected chi connectivity index (χ2v) is 8.47. The second-order valence-electron chi connectivity index (χ2n) is 8.47. The summed E-state index contributed by atoms with van der Waals surface area (Å²) in [6.07, 6.45) is 0.824. The summed E-state index contributed by atoms with van der Waals surface area (Å²) < 4.78 is 13.6. The predicted molar refractivity (Wildman–Crippen MR) is 134 cm³/mol. The van der Waals surface area contributed by atoms with Crippen LogP contribution in [0.25, 0.3) is 11.0 Å². The molecule has 0 aliphatic carbocycles. The Bertz CT molecular complexity index is 1200. The molecule has 0 radical (unpaired) electrons. The molecule has 34 heavy (non-hydrogen) atoms. The monoisotopic (exact) mass is 457 g/mol. The number of para-hydroxylation sites is 3. The van der Waals surface area contributed by atoms with Gasteiger partial charge in [0.25, 0.3) is 5.91 Å². The zero-order valence-electron chi connectivity index (χ0n) is 19.7. The average molecular weight is 458 g/mol. The Morgan fingerprint density at radius 3 is 2.38 bits per heavy atom. The first kappa shape index (κ1) is 23.4. The van der Waals surface area contributed by atoms with Gasteiger partial charge in [-0.05, 0) is 54.3 Å². The van der Waals surface area contributed by atoms with Gasteiger partial charge in [0.05, 0.1) is 24.2 Å².